The lowest BCUT2D eigenvalue weighted by molar-refractivity contribution is -0.118. The molecule has 8 heteroatoms. The molecule has 1 unspecified atom stereocenters. The first-order valence-corrected chi connectivity index (χ1v) is 9.47. The van der Waals surface area contributed by atoms with Crippen molar-refractivity contribution >= 4 is 23.1 Å². The van der Waals surface area contributed by atoms with Gasteiger partial charge in [0, 0.05) is 24.6 Å². The maximum Gasteiger partial charge on any atom is 0.267 e. The molecular formula is C22H25N3O5. The topological polar surface area (TPSA) is 89.5 Å². The van der Waals surface area contributed by atoms with Crippen LogP contribution >= 0.6 is 0 Å². The lowest BCUT2D eigenvalue weighted by atomic mass is 10.1. The van der Waals surface area contributed by atoms with E-state index in [1.165, 1.54) is 6.92 Å². The second-order valence-corrected chi connectivity index (χ2v) is 6.76. The molecule has 0 radical (unpaired) electrons. The summed E-state index contributed by atoms with van der Waals surface area (Å²) in [6.45, 7) is 1.71. The average molecular weight is 411 g/mol. The highest BCUT2D eigenvalue weighted by Gasteiger charge is 2.34. The molecule has 0 saturated carbocycles. The van der Waals surface area contributed by atoms with Crippen LogP contribution in [0.1, 0.15) is 18.9 Å². The molecule has 8 nitrogen and oxygen atoms in total. The van der Waals surface area contributed by atoms with Gasteiger partial charge in [0.1, 0.15) is 17.5 Å². The molecule has 158 valence electrons. The molecule has 3 rings (SSSR count). The number of rotatable bonds is 8. The summed E-state index contributed by atoms with van der Waals surface area (Å²) in [5.41, 5.74) is 1.80. The number of hydrogen-bond acceptors (Lipinski definition) is 7. The fourth-order valence-corrected chi connectivity index (χ4v) is 3.29. The molecule has 0 aliphatic carbocycles. The highest BCUT2D eigenvalue weighted by atomic mass is 16.5. The van der Waals surface area contributed by atoms with Crippen LogP contribution in [-0.2, 0) is 16.1 Å². The fourth-order valence-electron chi connectivity index (χ4n) is 3.29. The zero-order chi connectivity index (χ0) is 21.7. The van der Waals surface area contributed by atoms with Crippen LogP contribution in [0.5, 0.6) is 17.2 Å². The summed E-state index contributed by atoms with van der Waals surface area (Å²) in [5.74, 6) is 1.25. The molecule has 0 saturated heterocycles. The van der Waals surface area contributed by atoms with Gasteiger partial charge >= 0.3 is 0 Å². The Kier molecular flexibility index (Phi) is 6.56. The van der Waals surface area contributed by atoms with Crippen molar-refractivity contribution < 1.29 is 23.8 Å². The van der Waals surface area contributed by atoms with Crippen LogP contribution in [0.4, 0.5) is 5.69 Å². The van der Waals surface area contributed by atoms with Crippen LogP contribution in [0.2, 0.25) is 0 Å². The van der Waals surface area contributed by atoms with Crippen LogP contribution in [0.15, 0.2) is 47.6 Å². The summed E-state index contributed by atoms with van der Waals surface area (Å²) in [4.78, 5) is 24.9. The number of hydrogen-bond donors (Lipinski definition) is 1. The Morgan fingerprint density at radius 3 is 2.27 bits per heavy atom. The van der Waals surface area contributed by atoms with Gasteiger partial charge in [-0.2, -0.15) is 5.10 Å². The Bertz CT molecular complexity index is 959. The normalized spacial score (nSPS) is 15.4. The number of nitrogens with one attached hydrogen (secondary N) is 1. The van der Waals surface area contributed by atoms with Gasteiger partial charge < -0.3 is 19.5 Å². The molecule has 1 aliphatic heterocycles. The van der Waals surface area contributed by atoms with Crippen molar-refractivity contribution in [3.63, 3.8) is 0 Å². The lowest BCUT2D eigenvalue weighted by Gasteiger charge is -2.20. The number of nitrogens with zero attached hydrogens (tertiary/aromatic N) is 2. The maximum absolute atomic E-state index is 12.8. The SMILES string of the molecule is COc1cc(OC)c(OC)cc1CNC(=O)C1=NN(c2ccccc2)C(C(C)=O)C1. The van der Waals surface area contributed by atoms with E-state index in [2.05, 4.69) is 10.4 Å². The van der Waals surface area contributed by atoms with E-state index in [0.29, 0.717) is 23.0 Å². The summed E-state index contributed by atoms with van der Waals surface area (Å²) in [7, 11) is 4.63. The number of carbonyl (C=O) groups excluding carboxylic acids is 2. The lowest BCUT2D eigenvalue weighted by Crippen LogP contribution is -2.34. The maximum atomic E-state index is 12.8. The Morgan fingerprint density at radius 1 is 1.03 bits per heavy atom. The zero-order valence-electron chi connectivity index (χ0n) is 17.5. The van der Waals surface area contributed by atoms with Crippen LogP contribution < -0.4 is 24.5 Å². The average Bonchev–Trinajstić information content (AvgIpc) is 3.23. The van der Waals surface area contributed by atoms with Crippen LogP contribution in [-0.4, -0.2) is 44.8 Å². The highest BCUT2D eigenvalue weighted by Crippen LogP contribution is 2.34. The van der Waals surface area contributed by atoms with Crippen molar-refractivity contribution in [3.8, 4) is 17.2 Å². The van der Waals surface area contributed by atoms with E-state index < -0.39 is 6.04 Å². The molecule has 1 atom stereocenters. The minimum atomic E-state index is -0.497. The van der Waals surface area contributed by atoms with E-state index in [1.807, 2.05) is 30.3 Å². The van der Waals surface area contributed by atoms with Crippen LogP contribution in [0, 0.1) is 0 Å². The van der Waals surface area contributed by atoms with Gasteiger partial charge in [-0.15, -0.1) is 0 Å². The molecule has 2 aromatic carbocycles. The third-order valence-electron chi connectivity index (χ3n) is 4.89. The second kappa shape index (κ2) is 9.30. The van der Waals surface area contributed by atoms with Crippen molar-refractivity contribution in [3.05, 3.63) is 48.0 Å². The van der Waals surface area contributed by atoms with E-state index in [4.69, 9.17) is 14.2 Å². The number of Topliss-reactive ketones (excluding diaryl/α,β-unsaturated/α-hetero) is 1. The Morgan fingerprint density at radius 2 is 1.67 bits per heavy atom. The first-order chi connectivity index (χ1) is 14.5. The highest BCUT2D eigenvalue weighted by molar-refractivity contribution is 6.40. The monoisotopic (exact) mass is 411 g/mol. The number of ketones is 1. The summed E-state index contributed by atoms with van der Waals surface area (Å²) < 4.78 is 16.0. The molecule has 0 spiro atoms. The summed E-state index contributed by atoms with van der Waals surface area (Å²) in [6.07, 6.45) is 0.249. The Hall–Kier alpha value is -3.55. The number of para-hydroxylation sites is 1. The minimum absolute atomic E-state index is 0.0491. The van der Waals surface area contributed by atoms with Crippen molar-refractivity contribution in [2.45, 2.75) is 25.9 Å². The van der Waals surface area contributed by atoms with E-state index in [1.54, 1.807) is 38.5 Å². The molecule has 1 N–H and O–H groups in total. The quantitative estimate of drug-likeness (QED) is 0.718. The van der Waals surface area contributed by atoms with Crippen molar-refractivity contribution in [1.29, 1.82) is 0 Å². The zero-order valence-corrected chi connectivity index (χ0v) is 17.5. The van der Waals surface area contributed by atoms with Crippen molar-refractivity contribution in [1.82, 2.24) is 5.32 Å². The van der Waals surface area contributed by atoms with Gasteiger partial charge in [-0.1, -0.05) is 18.2 Å². The molecule has 0 bridgehead atoms. The van der Waals surface area contributed by atoms with E-state index >= 15 is 0 Å². The largest absolute Gasteiger partial charge is 0.496 e. The smallest absolute Gasteiger partial charge is 0.267 e. The van der Waals surface area contributed by atoms with E-state index in [9.17, 15) is 9.59 Å². The van der Waals surface area contributed by atoms with Gasteiger partial charge in [-0.05, 0) is 25.1 Å². The van der Waals surface area contributed by atoms with Gasteiger partial charge in [0.2, 0.25) is 0 Å². The number of benzene rings is 2. The predicted octanol–water partition coefficient (Wildman–Crippen LogP) is 2.55. The van der Waals surface area contributed by atoms with Crippen molar-refractivity contribution in [2.24, 2.45) is 5.10 Å². The Labute approximate surface area is 175 Å². The predicted molar refractivity (Wildman–Crippen MR) is 113 cm³/mol. The minimum Gasteiger partial charge on any atom is -0.496 e. The summed E-state index contributed by atoms with van der Waals surface area (Å²) in [5, 5.41) is 8.88. The summed E-state index contributed by atoms with van der Waals surface area (Å²) >= 11 is 0. The molecule has 2 aromatic rings. The molecular weight excluding hydrogens is 386 g/mol. The second-order valence-electron chi connectivity index (χ2n) is 6.76. The molecule has 1 heterocycles. The molecule has 30 heavy (non-hydrogen) atoms. The first-order valence-electron chi connectivity index (χ1n) is 9.47. The van der Waals surface area contributed by atoms with Gasteiger partial charge in [-0.3, -0.25) is 14.6 Å². The van der Waals surface area contributed by atoms with Crippen molar-refractivity contribution in [2.75, 3.05) is 26.3 Å². The van der Waals surface area contributed by atoms with E-state index in [0.717, 1.165) is 11.3 Å². The standard InChI is InChI=1S/C22H25N3O5/c1-14(26)18-11-17(24-25(18)16-8-6-5-7-9-16)22(27)23-13-15-10-20(29-3)21(30-4)12-19(15)28-2/h5-10,12,18H,11,13H2,1-4H3,(H,23,27). The van der Waals surface area contributed by atoms with Gasteiger partial charge in [0.05, 0.1) is 27.0 Å². The van der Waals surface area contributed by atoms with Crippen LogP contribution in [0.3, 0.4) is 0 Å². The molecule has 1 aliphatic rings. The molecule has 1 amide bonds. The number of carbonyl (C=O) groups is 2. The third kappa shape index (κ3) is 4.37. The fraction of sp³-hybridized carbons (Fsp3) is 0.318. The summed E-state index contributed by atoms with van der Waals surface area (Å²) in [6, 6.07) is 12.3. The van der Waals surface area contributed by atoms with E-state index in [-0.39, 0.29) is 24.7 Å². The van der Waals surface area contributed by atoms with Gasteiger partial charge in [0.15, 0.2) is 17.3 Å². The number of ether oxygens (including phenoxy) is 3. The van der Waals surface area contributed by atoms with Gasteiger partial charge in [0.25, 0.3) is 5.91 Å². The number of hydrazone groups is 1. The first kappa shape index (κ1) is 21.2. The number of amides is 1. The van der Waals surface area contributed by atoms with Crippen LogP contribution in [0.25, 0.3) is 0 Å². The number of methoxy groups -OCH3 is 3. The third-order valence-corrected chi connectivity index (χ3v) is 4.89. The molecule has 0 fully saturated rings. The van der Waals surface area contributed by atoms with Gasteiger partial charge in [-0.25, -0.2) is 0 Å². The molecule has 0 aromatic heterocycles. The Balaban J connectivity index is 1.77. The number of anilines is 1.